The van der Waals surface area contributed by atoms with Crippen molar-refractivity contribution in [3.63, 3.8) is 0 Å². The highest BCUT2D eigenvalue weighted by Crippen LogP contribution is 2.40. The summed E-state index contributed by atoms with van der Waals surface area (Å²) in [5.41, 5.74) is 2.79. The van der Waals surface area contributed by atoms with Crippen LogP contribution in [0.2, 0.25) is 0 Å². The molecule has 10 nitrogen and oxygen atoms in total. The van der Waals surface area contributed by atoms with E-state index < -0.39 is 67.5 Å². The van der Waals surface area contributed by atoms with Crippen molar-refractivity contribution >= 4 is 17.7 Å². The summed E-state index contributed by atoms with van der Waals surface area (Å²) >= 11 is 0. The SMILES string of the molecule is C=C(C)C=CC=C(C)C=CC1=C(C)C(=O)C(OC(=O)CCC(=O)OCC(O)C(O)C(O)C(O)CO)CC1(C)C. The highest BCUT2D eigenvalue weighted by Gasteiger charge is 2.40. The molecule has 0 heterocycles. The number of ketones is 1. The van der Waals surface area contributed by atoms with Crippen molar-refractivity contribution in [1.82, 2.24) is 0 Å². The molecule has 0 spiro atoms. The van der Waals surface area contributed by atoms with Crippen molar-refractivity contribution in [3.05, 3.63) is 59.3 Å². The van der Waals surface area contributed by atoms with Gasteiger partial charge in [0.2, 0.25) is 0 Å². The predicted molar refractivity (Wildman–Crippen MR) is 144 cm³/mol. The average Bonchev–Trinajstić information content (AvgIpc) is 2.86. The first-order chi connectivity index (χ1) is 18.1. The fraction of sp³-hybridized carbons (Fsp3) is 0.552. The van der Waals surface area contributed by atoms with Gasteiger partial charge in [0, 0.05) is 6.42 Å². The van der Waals surface area contributed by atoms with Gasteiger partial charge in [-0.25, -0.2) is 0 Å². The predicted octanol–water partition coefficient (Wildman–Crippen LogP) is 1.61. The fourth-order valence-corrected chi connectivity index (χ4v) is 3.96. The largest absolute Gasteiger partial charge is 0.463 e. The second-order valence-electron chi connectivity index (χ2n) is 10.4. The van der Waals surface area contributed by atoms with Gasteiger partial charge in [0.15, 0.2) is 11.9 Å². The number of Topliss-reactive ketones (excluding diaryl/α,β-unsaturated/α-hetero) is 1. The molecule has 1 aliphatic rings. The molecule has 5 N–H and O–H groups in total. The van der Waals surface area contributed by atoms with E-state index in [0.29, 0.717) is 5.57 Å². The Bertz CT molecular complexity index is 1020. The molecule has 0 radical (unpaired) electrons. The number of ether oxygens (including phenoxy) is 2. The number of allylic oxidation sites excluding steroid dienone is 8. The summed E-state index contributed by atoms with van der Waals surface area (Å²) in [7, 11) is 0. The van der Waals surface area contributed by atoms with Crippen LogP contribution in [0.5, 0.6) is 0 Å². The van der Waals surface area contributed by atoms with Crippen molar-refractivity contribution in [2.24, 2.45) is 5.41 Å². The summed E-state index contributed by atoms with van der Waals surface area (Å²) in [6.07, 6.45) is 0.889. The van der Waals surface area contributed by atoms with Crippen molar-refractivity contribution in [2.75, 3.05) is 13.2 Å². The Morgan fingerprint density at radius 1 is 1.05 bits per heavy atom. The average molecular weight is 551 g/mol. The maximum absolute atomic E-state index is 13.0. The number of aliphatic hydroxyl groups excluding tert-OH is 5. The zero-order valence-corrected chi connectivity index (χ0v) is 23.3. The van der Waals surface area contributed by atoms with E-state index in [1.54, 1.807) is 6.92 Å². The lowest BCUT2D eigenvalue weighted by Gasteiger charge is -2.36. The van der Waals surface area contributed by atoms with Gasteiger partial charge in [-0.3, -0.25) is 14.4 Å². The number of hydrogen-bond donors (Lipinski definition) is 5. The second kappa shape index (κ2) is 15.6. The molecule has 0 amide bonds. The Kier molecular flexibility index (Phi) is 13.7. The first-order valence-electron chi connectivity index (χ1n) is 12.7. The summed E-state index contributed by atoms with van der Waals surface area (Å²) in [4.78, 5) is 37.3. The summed E-state index contributed by atoms with van der Waals surface area (Å²) in [6, 6.07) is 0. The minimum Gasteiger partial charge on any atom is -0.463 e. The van der Waals surface area contributed by atoms with E-state index >= 15 is 0 Å². The van der Waals surface area contributed by atoms with Crippen LogP contribution in [0.4, 0.5) is 0 Å². The molecule has 39 heavy (non-hydrogen) atoms. The minimum atomic E-state index is -1.88. The van der Waals surface area contributed by atoms with Crippen molar-refractivity contribution < 1.29 is 49.4 Å². The van der Waals surface area contributed by atoms with Gasteiger partial charge in [-0.05, 0) is 37.3 Å². The molecule has 5 atom stereocenters. The summed E-state index contributed by atoms with van der Waals surface area (Å²) in [6.45, 7) is 11.7. The Balaban J connectivity index is 2.69. The van der Waals surface area contributed by atoms with Gasteiger partial charge in [0.25, 0.3) is 0 Å². The molecule has 1 aliphatic carbocycles. The molecule has 0 fully saturated rings. The number of aliphatic hydroxyl groups is 5. The fourth-order valence-electron chi connectivity index (χ4n) is 3.96. The quantitative estimate of drug-likeness (QED) is 0.158. The van der Waals surface area contributed by atoms with E-state index in [1.807, 2.05) is 58.1 Å². The van der Waals surface area contributed by atoms with Crippen LogP contribution < -0.4 is 0 Å². The first kappa shape index (κ1) is 34.1. The monoisotopic (exact) mass is 550 g/mol. The molecule has 1 rings (SSSR count). The van der Waals surface area contributed by atoms with E-state index in [1.165, 1.54) is 0 Å². The van der Waals surface area contributed by atoms with Crippen LogP contribution in [0.1, 0.15) is 53.9 Å². The van der Waals surface area contributed by atoms with E-state index in [9.17, 15) is 34.8 Å². The molecule has 0 aromatic carbocycles. The highest BCUT2D eigenvalue weighted by molar-refractivity contribution is 6.01. The Morgan fingerprint density at radius 2 is 1.64 bits per heavy atom. The zero-order chi connectivity index (χ0) is 29.9. The first-order valence-corrected chi connectivity index (χ1v) is 12.7. The van der Waals surface area contributed by atoms with Crippen LogP contribution in [0.25, 0.3) is 0 Å². The molecule has 0 aliphatic heterocycles. The van der Waals surface area contributed by atoms with Gasteiger partial charge in [0.05, 0.1) is 19.4 Å². The van der Waals surface area contributed by atoms with E-state index in [0.717, 1.165) is 16.7 Å². The normalized spacial score (nSPS) is 21.1. The van der Waals surface area contributed by atoms with E-state index in [-0.39, 0.29) is 18.6 Å². The Hall–Kier alpha value is -2.89. The molecule has 0 saturated heterocycles. The van der Waals surface area contributed by atoms with Crippen LogP contribution in [-0.4, -0.2) is 87.0 Å². The lowest BCUT2D eigenvalue weighted by Crippen LogP contribution is -2.47. The van der Waals surface area contributed by atoms with Crippen LogP contribution in [0, 0.1) is 5.41 Å². The lowest BCUT2D eigenvalue weighted by atomic mass is 9.71. The number of carbonyl (C=O) groups excluding carboxylic acids is 3. The summed E-state index contributed by atoms with van der Waals surface area (Å²) in [5, 5.41) is 47.2. The smallest absolute Gasteiger partial charge is 0.307 e. The number of esters is 2. The molecular formula is C29H42O10. The molecule has 0 aromatic rings. The Morgan fingerprint density at radius 3 is 2.23 bits per heavy atom. The number of hydrogen-bond acceptors (Lipinski definition) is 10. The van der Waals surface area contributed by atoms with Crippen molar-refractivity contribution in [2.45, 2.75) is 84.4 Å². The third-order valence-electron chi connectivity index (χ3n) is 6.29. The molecule has 5 unspecified atom stereocenters. The van der Waals surface area contributed by atoms with E-state index in [2.05, 4.69) is 6.58 Å². The van der Waals surface area contributed by atoms with Gasteiger partial charge in [-0.1, -0.05) is 62.0 Å². The molecule has 218 valence electrons. The maximum Gasteiger partial charge on any atom is 0.307 e. The minimum absolute atomic E-state index is 0.267. The van der Waals surface area contributed by atoms with Crippen LogP contribution in [0.3, 0.4) is 0 Å². The van der Waals surface area contributed by atoms with Gasteiger partial charge in [0.1, 0.15) is 31.0 Å². The Labute approximate surface area is 229 Å². The lowest BCUT2D eigenvalue weighted by molar-refractivity contribution is -0.161. The van der Waals surface area contributed by atoms with Crippen LogP contribution >= 0.6 is 0 Å². The molecule has 0 bridgehead atoms. The van der Waals surface area contributed by atoms with Crippen molar-refractivity contribution in [1.29, 1.82) is 0 Å². The number of rotatable bonds is 14. The summed E-state index contributed by atoms with van der Waals surface area (Å²) < 4.78 is 10.2. The standard InChI is InChI=1S/C29H42O10/c1-17(2)8-7-9-18(3)10-11-20-19(4)26(35)23(14-29(20,5)6)39-25(34)13-12-24(33)38-16-22(32)28(37)27(36)21(31)15-30/h7-11,21-23,27-28,30-32,36-37H,1,12-16H2,2-6H3. The van der Waals surface area contributed by atoms with Gasteiger partial charge in [-0.2, -0.15) is 0 Å². The third kappa shape index (κ3) is 11.0. The highest BCUT2D eigenvalue weighted by atomic mass is 16.6. The van der Waals surface area contributed by atoms with Gasteiger partial charge < -0.3 is 35.0 Å². The maximum atomic E-state index is 13.0. The second-order valence-corrected chi connectivity index (χ2v) is 10.4. The van der Waals surface area contributed by atoms with Crippen LogP contribution in [0.15, 0.2) is 59.3 Å². The van der Waals surface area contributed by atoms with Crippen molar-refractivity contribution in [3.8, 4) is 0 Å². The molecule has 10 heteroatoms. The molecule has 0 saturated carbocycles. The molecular weight excluding hydrogens is 508 g/mol. The topological polar surface area (TPSA) is 171 Å². The third-order valence-corrected chi connectivity index (χ3v) is 6.29. The van der Waals surface area contributed by atoms with Gasteiger partial charge >= 0.3 is 11.9 Å². The zero-order valence-electron chi connectivity index (χ0n) is 23.3. The van der Waals surface area contributed by atoms with Gasteiger partial charge in [-0.15, -0.1) is 0 Å². The van der Waals surface area contributed by atoms with Crippen LogP contribution in [-0.2, 0) is 23.9 Å². The summed E-state index contributed by atoms with van der Waals surface area (Å²) in [5.74, 6) is -1.96. The van der Waals surface area contributed by atoms with E-state index in [4.69, 9.17) is 14.6 Å². The number of carbonyl (C=O) groups is 3. The molecule has 0 aromatic heterocycles.